The summed E-state index contributed by atoms with van der Waals surface area (Å²) in [7, 11) is -3.54. The maximum absolute atomic E-state index is 12.6. The molecule has 0 radical (unpaired) electrons. The van der Waals surface area contributed by atoms with E-state index < -0.39 is 10.0 Å². The molecule has 8 heteroatoms. The molecule has 1 aromatic heterocycles. The van der Waals surface area contributed by atoms with Crippen LogP contribution in [0.5, 0.6) is 0 Å². The molecule has 2 fully saturated rings. The van der Waals surface area contributed by atoms with Crippen molar-refractivity contribution in [2.24, 2.45) is 11.7 Å². The normalized spacial score (nSPS) is 27.2. The van der Waals surface area contributed by atoms with Gasteiger partial charge in [-0.2, -0.15) is 5.10 Å². The van der Waals surface area contributed by atoms with E-state index >= 15 is 0 Å². The highest BCUT2D eigenvalue weighted by Crippen LogP contribution is 2.26. The summed E-state index contributed by atoms with van der Waals surface area (Å²) in [5, 5.41) is 4.26. The number of rotatable bonds is 5. The first-order chi connectivity index (χ1) is 11.1. The minimum Gasteiger partial charge on any atom is -0.381 e. The molecule has 1 aromatic rings. The van der Waals surface area contributed by atoms with E-state index in [-0.39, 0.29) is 22.9 Å². The Morgan fingerprint density at radius 1 is 1.26 bits per heavy atom. The fourth-order valence-corrected chi connectivity index (χ4v) is 4.80. The van der Waals surface area contributed by atoms with Gasteiger partial charge in [0.25, 0.3) is 0 Å². The largest absolute Gasteiger partial charge is 0.381 e. The average molecular weight is 342 g/mol. The van der Waals surface area contributed by atoms with Crippen LogP contribution in [0.3, 0.4) is 0 Å². The molecule has 1 aliphatic carbocycles. The number of aromatic nitrogens is 2. The summed E-state index contributed by atoms with van der Waals surface area (Å²) in [6, 6.07) is 0.157. The third kappa shape index (κ3) is 3.93. The van der Waals surface area contributed by atoms with E-state index in [0.29, 0.717) is 19.8 Å². The molecule has 0 amide bonds. The summed E-state index contributed by atoms with van der Waals surface area (Å²) >= 11 is 0. The zero-order chi connectivity index (χ0) is 16.3. The molecule has 3 N–H and O–H groups in total. The van der Waals surface area contributed by atoms with Crippen LogP contribution in [-0.4, -0.2) is 44.0 Å². The Morgan fingerprint density at radius 3 is 2.74 bits per heavy atom. The Morgan fingerprint density at radius 2 is 2.00 bits per heavy atom. The Balaban J connectivity index is 1.70. The van der Waals surface area contributed by atoms with Gasteiger partial charge in [0.2, 0.25) is 10.0 Å². The standard InChI is InChI=1S/C15H26N4O3S/c16-9-12-3-1-2-4-15(12)18-23(20,21)14-10-17-19(11-14)13-5-7-22-8-6-13/h10-13,15,18H,1-9,16H2. The first kappa shape index (κ1) is 16.9. The van der Waals surface area contributed by atoms with Gasteiger partial charge < -0.3 is 10.5 Å². The lowest BCUT2D eigenvalue weighted by Crippen LogP contribution is -2.44. The van der Waals surface area contributed by atoms with Crippen molar-refractivity contribution < 1.29 is 13.2 Å². The van der Waals surface area contributed by atoms with Gasteiger partial charge in [0.1, 0.15) is 4.90 Å². The van der Waals surface area contributed by atoms with E-state index in [2.05, 4.69) is 9.82 Å². The second kappa shape index (κ2) is 7.29. The zero-order valence-electron chi connectivity index (χ0n) is 13.4. The van der Waals surface area contributed by atoms with Crippen LogP contribution in [0.2, 0.25) is 0 Å². The molecule has 0 bridgehead atoms. The molecule has 2 aliphatic rings. The van der Waals surface area contributed by atoms with E-state index in [1.54, 1.807) is 10.9 Å². The molecule has 3 rings (SSSR count). The molecule has 2 heterocycles. The topological polar surface area (TPSA) is 99.2 Å². The number of sulfonamides is 1. The summed E-state index contributed by atoms with van der Waals surface area (Å²) < 4.78 is 35.2. The van der Waals surface area contributed by atoms with Crippen LogP contribution in [0, 0.1) is 5.92 Å². The van der Waals surface area contributed by atoms with Crippen molar-refractivity contribution in [3.8, 4) is 0 Å². The lowest BCUT2D eigenvalue weighted by Gasteiger charge is -2.30. The van der Waals surface area contributed by atoms with Crippen LogP contribution in [0.25, 0.3) is 0 Å². The van der Waals surface area contributed by atoms with Gasteiger partial charge >= 0.3 is 0 Å². The maximum Gasteiger partial charge on any atom is 0.243 e. The van der Waals surface area contributed by atoms with Crippen LogP contribution >= 0.6 is 0 Å². The van der Waals surface area contributed by atoms with Crippen molar-refractivity contribution >= 4 is 10.0 Å². The van der Waals surface area contributed by atoms with E-state index in [4.69, 9.17) is 10.5 Å². The summed E-state index contributed by atoms with van der Waals surface area (Å²) in [6.07, 6.45) is 8.84. The van der Waals surface area contributed by atoms with Gasteiger partial charge in [-0.25, -0.2) is 13.1 Å². The quantitative estimate of drug-likeness (QED) is 0.832. The monoisotopic (exact) mass is 342 g/mol. The number of ether oxygens (including phenoxy) is 1. The maximum atomic E-state index is 12.6. The van der Waals surface area contributed by atoms with Gasteiger partial charge in [0.05, 0.1) is 12.2 Å². The van der Waals surface area contributed by atoms with Crippen molar-refractivity contribution in [3.05, 3.63) is 12.4 Å². The first-order valence-corrected chi connectivity index (χ1v) is 9.93. The lowest BCUT2D eigenvalue weighted by atomic mass is 9.85. The summed E-state index contributed by atoms with van der Waals surface area (Å²) in [4.78, 5) is 0.241. The summed E-state index contributed by atoms with van der Waals surface area (Å²) in [5.74, 6) is 0.226. The fourth-order valence-electron chi connectivity index (χ4n) is 3.52. The van der Waals surface area contributed by atoms with E-state index in [9.17, 15) is 8.42 Å². The summed E-state index contributed by atoms with van der Waals surface area (Å²) in [6.45, 7) is 1.92. The van der Waals surface area contributed by atoms with Gasteiger partial charge in [-0.3, -0.25) is 4.68 Å². The average Bonchev–Trinajstić information content (AvgIpc) is 3.07. The highest BCUT2D eigenvalue weighted by molar-refractivity contribution is 7.89. The molecular weight excluding hydrogens is 316 g/mol. The van der Waals surface area contributed by atoms with E-state index in [1.807, 2.05) is 0 Å². The minimum atomic E-state index is -3.54. The highest BCUT2D eigenvalue weighted by Gasteiger charge is 2.29. The number of nitrogens with zero attached hydrogens (tertiary/aromatic N) is 2. The van der Waals surface area contributed by atoms with Gasteiger partial charge in [-0.15, -0.1) is 0 Å². The first-order valence-electron chi connectivity index (χ1n) is 8.44. The minimum absolute atomic E-state index is 0.0646. The Hall–Kier alpha value is -0.960. The van der Waals surface area contributed by atoms with Gasteiger partial charge in [-0.1, -0.05) is 12.8 Å². The van der Waals surface area contributed by atoms with Crippen LogP contribution in [0.4, 0.5) is 0 Å². The number of hydrogen-bond donors (Lipinski definition) is 2. The SMILES string of the molecule is NCC1CCCCC1NS(=O)(=O)c1cnn(C2CCOCC2)c1. The third-order valence-electron chi connectivity index (χ3n) is 4.97. The number of hydrogen-bond acceptors (Lipinski definition) is 5. The fraction of sp³-hybridized carbons (Fsp3) is 0.800. The molecule has 23 heavy (non-hydrogen) atoms. The molecule has 2 atom stereocenters. The van der Waals surface area contributed by atoms with Gasteiger partial charge in [-0.05, 0) is 38.1 Å². The Kier molecular flexibility index (Phi) is 5.35. The van der Waals surface area contributed by atoms with Crippen LogP contribution < -0.4 is 10.5 Å². The smallest absolute Gasteiger partial charge is 0.243 e. The van der Waals surface area contributed by atoms with Crippen molar-refractivity contribution in [3.63, 3.8) is 0 Å². The molecule has 0 spiro atoms. The van der Waals surface area contributed by atoms with Gasteiger partial charge in [0, 0.05) is 25.5 Å². The molecule has 130 valence electrons. The zero-order valence-corrected chi connectivity index (χ0v) is 14.2. The predicted octanol–water partition coefficient (Wildman–Crippen LogP) is 1.03. The molecule has 7 nitrogen and oxygen atoms in total. The van der Waals surface area contributed by atoms with Crippen LogP contribution in [0.1, 0.15) is 44.6 Å². The van der Waals surface area contributed by atoms with Crippen molar-refractivity contribution in [1.29, 1.82) is 0 Å². The van der Waals surface area contributed by atoms with E-state index in [0.717, 1.165) is 38.5 Å². The second-order valence-corrected chi connectivity index (χ2v) is 8.22. The molecule has 1 saturated carbocycles. The highest BCUT2D eigenvalue weighted by atomic mass is 32.2. The predicted molar refractivity (Wildman–Crippen MR) is 86.4 cm³/mol. The summed E-state index contributed by atoms with van der Waals surface area (Å²) in [5.41, 5.74) is 5.79. The molecule has 0 aromatic carbocycles. The van der Waals surface area contributed by atoms with Crippen LogP contribution in [0.15, 0.2) is 17.3 Å². The van der Waals surface area contributed by atoms with Gasteiger partial charge in [0.15, 0.2) is 0 Å². The van der Waals surface area contributed by atoms with E-state index in [1.165, 1.54) is 6.20 Å². The van der Waals surface area contributed by atoms with Crippen molar-refractivity contribution in [2.75, 3.05) is 19.8 Å². The molecular formula is C15H26N4O3S. The number of nitrogens with two attached hydrogens (primary N) is 1. The molecule has 1 saturated heterocycles. The van der Waals surface area contributed by atoms with Crippen LogP contribution in [-0.2, 0) is 14.8 Å². The lowest BCUT2D eigenvalue weighted by molar-refractivity contribution is 0.0662. The Labute approximate surface area is 137 Å². The molecule has 1 aliphatic heterocycles. The third-order valence-corrected chi connectivity index (χ3v) is 6.42. The van der Waals surface area contributed by atoms with Crippen molar-refractivity contribution in [1.82, 2.24) is 14.5 Å². The van der Waals surface area contributed by atoms with Crippen molar-refractivity contribution in [2.45, 2.75) is 55.5 Å². The number of nitrogens with one attached hydrogen (secondary N) is 1. The molecule has 2 unspecified atom stereocenters. The Bertz CT molecular complexity index is 610. The second-order valence-electron chi connectivity index (χ2n) is 6.51.